The van der Waals surface area contributed by atoms with Gasteiger partial charge in [-0.3, -0.25) is 4.79 Å². The van der Waals surface area contributed by atoms with Crippen LogP contribution in [0.3, 0.4) is 0 Å². The summed E-state index contributed by atoms with van der Waals surface area (Å²) in [4.78, 5) is 16.3. The molecule has 1 aromatic heterocycles. The van der Waals surface area contributed by atoms with Gasteiger partial charge in [0.15, 0.2) is 0 Å². The highest BCUT2D eigenvalue weighted by atomic mass is 32.1. The molecule has 3 rings (SSSR count). The van der Waals surface area contributed by atoms with Gasteiger partial charge in [0.2, 0.25) is 5.91 Å². The number of ether oxygens (including phenoxy) is 1. The van der Waals surface area contributed by atoms with E-state index >= 15 is 0 Å². The molecule has 4 nitrogen and oxygen atoms in total. The first kappa shape index (κ1) is 16.2. The molecule has 0 unspecified atom stereocenters. The minimum absolute atomic E-state index is 0.0764. The summed E-state index contributed by atoms with van der Waals surface area (Å²) in [5, 5.41) is 5.75. The molecule has 1 heterocycles. The molecule has 1 amide bonds. The number of rotatable bonds is 5. The zero-order valence-corrected chi connectivity index (χ0v) is 14.4. The highest BCUT2D eigenvalue weighted by Crippen LogP contribution is 2.23. The van der Waals surface area contributed by atoms with Crippen molar-refractivity contribution in [2.24, 2.45) is 0 Å². The van der Waals surface area contributed by atoms with E-state index in [-0.39, 0.29) is 12.3 Å². The zero-order chi connectivity index (χ0) is 16.9. The number of hydrogen-bond acceptors (Lipinski definition) is 4. The number of thiazole rings is 1. The number of nitrogens with zero attached hydrogens (tertiary/aromatic N) is 1. The Balaban J connectivity index is 1.57. The molecule has 0 saturated heterocycles. The molecular formula is C19H18N2O2S. The lowest BCUT2D eigenvalue weighted by atomic mass is 10.2. The van der Waals surface area contributed by atoms with Crippen molar-refractivity contribution < 1.29 is 9.53 Å². The maximum absolute atomic E-state index is 12.0. The number of anilines is 1. The van der Waals surface area contributed by atoms with E-state index in [1.165, 1.54) is 5.56 Å². The third-order valence-electron chi connectivity index (χ3n) is 3.40. The summed E-state index contributed by atoms with van der Waals surface area (Å²) in [6.07, 6.45) is 0.284. The van der Waals surface area contributed by atoms with Gasteiger partial charge in [-0.1, -0.05) is 17.7 Å². The fraction of sp³-hybridized carbons (Fsp3) is 0.158. The van der Waals surface area contributed by atoms with Gasteiger partial charge < -0.3 is 10.1 Å². The second-order valence-corrected chi connectivity index (χ2v) is 6.58. The lowest BCUT2D eigenvalue weighted by molar-refractivity contribution is -0.115. The van der Waals surface area contributed by atoms with Crippen molar-refractivity contribution in [3.8, 4) is 11.5 Å². The molecule has 0 aliphatic heterocycles. The summed E-state index contributed by atoms with van der Waals surface area (Å²) in [5.74, 6) is 1.44. The highest BCUT2D eigenvalue weighted by Gasteiger charge is 2.07. The van der Waals surface area contributed by atoms with E-state index in [2.05, 4.69) is 10.3 Å². The molecule has 0 atom stereocenters. The molecule has 1 N–H and O–H groups in total. The van der Waals surface area contributed by atoms with Crippen molar-refractivity contribution in [1.82, 2.24) is 4.98 Å². The Bertz CT molecular complexity index is 823. The van der Waals surface area contributed by atoms with Gasteiger partial charge >= 0.3 is 0 Å². The first-order valence-corrected chi connectivity index (χ1v) is 8.52. The van der Waals surface area contributed by atoms with Crippen LogP contribution in [0, 0.1) is 13.8 Å². The lowest BCUT2D eigenvalue weighted by Crippen LogP contribution is -2.14. The molecule has 24 heavy (non-hydrogen) atoms. The maximum atomic E-state index is 12.0. The molecule has 2 aromatic carbocycles. The molecule has 5 heteroatoms. The van der Waals surface area contributed by atoms with Gasteiger partial charge in [-0.05, 0) is 50.2 Å². The smallest absolute Gasteiger partial charge is 0.230 e. The Hall–Kier alpha value is -2.66. The average molecular weight is 338 g/mol. The van der Waals surface area contributed by atoms with E-state index in [1.54, 1.807) is 11.3 Å². The Kier molecular flexibility index (Phi) is 4.91. The zero-order valence-electron chi connectivity index (χ0n) is 13.6. The third-order valence-corrected chi connectivity index (χ3v) is 4.23. The van der Waals surface area contributed by atoms with E-state index < -0.39 is 0 Å². The summed E-state index contributed by atoms with van der Waals surface area (Å²) in [7, 11) is 0. The van der Waals surface area contributed by atoms with Crippen LogP contribution in [0.1, 0.15) is 16.3 Å². The fourth-order valence-electron chi connectivity index (χ4n) is 2.21. The number of benzene rings is 2. The number of aryl methyl sites for hydroxylation is 2. The summed E-state index contributed by atoms with van der Waals surface area (Å²) in [5.41, 5.74) is 2.73. The summed E-state index contributed by atoms with van der Waals surface area (Å²) in [6.45, 7) is 3.97. The Morgan fingerprint density at radius 2 is 1.67 bits per heavy atom. The fourth-order valence-corrected chi connectivity index (χ4v) is 2.82. The molecule has 122 valence electrons. The summed E-state index contributed by atoms with van der Waals surface area (Å²) >= 11 is 1.55. The molecule has 0 aliphatic carbocycles. The Labute approximate surface area is 145 Å². The molecule has 0 spiro atoms. The molecule has 0 aliphatic rings. The van der Waals surface area contributed by atoms with Crippen LogP contribution in [0.5, 0.6) is 11.5 Å². The number of hydrogen-bond donors (Lipinski definition) is 1. The number of amides is 1. The van der Waals surface area contributed by atoms with Gasteiger partial charge in [-0.15, -0.1) is 11.3 Å². The van der Waals surface area contributed by atoms with Crippen LogP contribution in [0.4, 0.5) is 5.69 Å². The third kappa shape index (κ3) is 4.43. The van der Waals surface area contributed by atoms with Crippen molar-refractivity contribution in [3.05, 3.63) is 70.2 Å². The van der Waals surface area contributed by atoms with Gasteiger partial charge in [0, 0.05) is 11.1 Å². The number of nitrogens with one attached hydrogen (secondary N) is 1. The van der Waals surface area contributed by atoms with Gasteiger partial charge in [0.25, 0.3) is 0 Å². The molecular weight excluding hydrogens is 320 g/mol. The van der Waals surface area contributed by atoms with Crippen molar-refractivity contribution in [2.75, 3.05) is 5.32 Å². The normalized spacial score (nSPS) is 10.4. The van der Waals surface area contributed by atoms with Gasteiger partial charge in [-0.2, -0.15) is 0 Å². The standard InChI is InChI=1S/C19H18N2O2S/c1-13-3-7-17(8-4-13)23-18-9-5-15(6-10-18)21-19(22)11-16-12-24-14(2)20-16/h3-10,12H,11H2,1-2H3,(H,21,22). The minimum Gasteiger partial charge on any atom is -0.457 e. The van der Waals surface area contributed by atoms with Crippen molar-refractivity contribution in [1.29, 1.82) is 0 Å². The van der Waals surface area contributed by atoms with E-state index in [0.717, 1.165) is 27.9 Å². The van der Waals surface area contributed by atoms with Crippen LogP contribution in [0.25, 0.3) is 0 Å². The predicted octanol–water partition coefficient (Wildman–Crippen LogP) is 4.73. The maximum Gasteiger partial charge on any atom is 0.230 e. The number of aromatic nitrogens is 1. The highest BCUT2D eigenvalue weighted by molar-refractivity contribution is 7.09. The van der Waals surface area contributed by atoms with E-state index in [1.807, 2.05) is 67.8 Å². The van der Waals surface area contributed by atoms with Gasteiger partial charge in [0.1, 0.15) is 11.5 Å². The molecule has 3 aromatic rings. The molecule has 0 radical (unpaired) electrons. The molecule has 0 fully saturated rings. The predicted molar refractivity (Wildman–Crippen MR) is 96.9 cm³/mol. The Morgan fingerprint density at radius 1 is 1.04 bits per heavy atom. The van der Waals surface area contributed by atoms with Crippen LogP contribution in [-0.2, 0) is 11.2 Å². The van der Waals surface area contributed by atoms with Crippen molar-refractivity contribution in [3.63, 3.8) is 0 Å². The topological polar surface area (TPSA) is 51.2 Å². The Morgan fingerprint density at radius 3 is 2.25 bits per heavy atom. The quantitative estimate of drug-likeness (QED) is 0.731. The lowest BCUT2D eigenvalue weighted by Gasteiger charge is -2.08. The second-order valence-electron chi connectivity index (χ2n) is 5.52. The second kappa shape index (κ2) is 7.27. The molecule has 0 bridgehead atoms. The largest absolute Gasteiger partial charge is 0.457 e. The van der Waals surface area contributed by atoms with E-state index in [9.17, 15) is 4.79 Å². The SMILES string of the molecule is Cc1ccc(Oc2ccc(NC(=O)Cc3csc(C)n3)cc2)cc1. The van der Waals surface area contributed by atoms with E-state index in [0.29, 0.717) is 0 Å². The first-order chi connectivity index (χ1) is 11.6. The summed E-state index contributed by atoms with van der Waals surface area (Å²) < 4.78 is 5.77. The molecule has 0 saturated carbocycles. The van der Waals surface area contributed by atoms with Crippen molar-refractivity contribution in [2.45, 2.75) is 20.3 Å². The van der Waals surface area contributed by atoms with Crippen LogP contribution < -0.4 is 10.1 Å². The summed E-state index contributed by atoms with van der Waals surface area (Å²) in [6, 6.07) is 15.2. The number of carbonyl (C=O) groups is 1. The average Bonchev–Trinajstić information content (AvgIpc) is 2.96. The van der Waals surface area contributed by atoms with Crippen molar-refractivity contribution >= 4 is 22.9 Å². The minimum atomic E-state index is -0.0764. The first-order valence-electron chi connectivity index (χ1n) is 7.64. The van der Waals surface area contributed by atoms with E-state index in [4.69, 9.17) is 4.74 Å². The van der Waals surface area contributed by atoms with Gasteiger partial charge in [0.05, 0.1) is 17.1 Å². The number of carbonyl (C=O) groups excluding carboxylic acids is 1. The van der Waals surface area contributed by atoms with Gasteiger partial charge in [-0.25, -0.2) is 4.98 Å². The van der Waals surface area contributed by atoms with Crippen LogP contribution in [0.2, 0.25) is 0 Å². The van der Waals surface area contributed by atoms with Crippen LogP contribution in [0.15, 0.2) is 53.9 Å². The monoisotopic (exact) mass is 338 g/mol. The van der Waals surface area contributed by atoms with Crippen LogP contribution >= 0.6 is 11.3 Å². The van der Waals surface area contributed by atoms with Crippen LogP contribution in [-0.4, -0.2) is 10.9 Å².